The van der Waals surface area contributed by atoms with Crippen LogP contribution in [0.25, 0.3) is 0 Å². The SMILES string of the molecule is CC(C)N1CCC(c2cn3c(n2)CCCC3C(=O)O)C1. The first-order chi connectivity index (χ1) is 9.56. The van der Waals surface area contributed by atoms with Crippen LogP contribution < -0.4 is 0 Å². The molecule has 2 aliphatic heterocycles. The van der Waals surface area contributed by atoms with E-state index in [9.17, 15) is 9.90 Å². The zero-order valence-corrected chi connectivity index (χ0v) is 12.2. The van der Waals surface area contributed by atoms with Crippen LogP contribution in [0.1, 0.15) is 56.6 Å². The second kappa shape index (κ2) is 5.20. The fraction of sp³-hybridized carbons (Fsp3) is 0.733. The summed E-state index contributed by atoms with van der Waals surface area (Å²) in [6, 6.07) is 0.159. The van der Waals surface area contributed by atoms with Crippen molar-refractivity contribution in [1.29, 1.82) is 0 Å². The van der Waals surface area contributed by atoms with Crippen LogP contribution in [-0.4, -0.2) is 44.7 Å². The van der Waals surface area contributed by atoms with Gasteiger partial charge in [-0.3, -0.25) is 0 Å². The van der Waals surface area contributed by atoms with Gasteiger partial charge in [-0.25, -0.2) is 9.78 Å². The van der Waals surface area contributed by atoms with Gasteiger partial charge in [-0.2, -0.15) is 0 Å². The van der Waals surface area contributed by atoms with Crippen LogP contribution in [0.15, 0.2) is 6.20 Å². The number of hydrogen-bond acceptors (Lipinski definition) is 3. The first kappa shape index (κ1) is 13.6. The van der Waals surface area contributed by atoms with Crippen molar-refractivity contribution in [2.45, 2.75) is 57.5 Å². The van der Waals surface area contributed by atoms with Crippen molar-refractivity contribution in [1.82, 2.24) is 14.5 Å². The van der Waals surface area contributed by atoms with E-state index in [4.69, 9.17) is 4.98 Å². The molecule has 1 fully saturated rings. The van der Waals surface area contributed by atoms with Crippen molar-refractivity contribution in [3.63, 3.8) is 0 Å². The number of likely N-dealkylation sites (tertiary alicyclic amines) is 1. The molecule has 0 bridgehead atoms. The lowest BCUT2D eigenvalue weighted by Crippen LogP contribution is -2.27. The first-order valence-electron chi connectivity index (χ1n) is 7.60. The number of aliphatic carboxylic acids is 1. The molecule has 20 heavy (non-hydrogen) atoms. The number of fused-ring (bicyclic) bond motifs is 1. The Morgan fingerprint density at radius 2 is 2.25 bits per heavy atom. The summed E-state index contributed by atoms with van der Waals surface area (Å²) < 4.78 is 1.90. The summed E-state index contributed by atoms with van der Waals surface area (Å²) in [6.45, 7) is 6.61. The zero-order chi connectivity index (χ0) is 14.3. The van der Waals surface area contributed by atoms with E-state index in [1.165, 1.54) is 0 Å². The highest BCUT2D eigenvalue weighted by atomic mass is 16.4. The van der Waals surface area contributed by atoms with Gasteiger partial charge < -0.3 is 14.6 Å². The number of nitrogens with zero attached hydrogens (tertiary/aromatic N) is 3. The third-order valence-corrected chi connectivity index (χ3v) is 4.69. The maximum Gasteiger partial charge on any atom is 0.326 e. The Morgan fingerprint density at radius 3 is 2.90 bits per heavy atom. The molecule has 0 aliphatic carbocycles. The third-order valence-electron chi connectivity index (χ3n) is 4.69. The quantitative estimate of drug-likeness (QED) is 0.918. The molecule has 1 N–H and O–H groups in total. The average Bonchev–Trinajstić information content (AvgIpc) is 3.04. The largest absolute Gasteiger partial charge is 0.480 e. The van der Waals surface area contributed by atoms with Crippen molar-refractivity contribution >= 4 is 5.97 Å². The van der Waals surface area contributed by atoms with Gasteiger partial charge in [0.05, 0.1) is 5.69 Å². The molecule has 3 rings (SSSR count). The molecule has 0 radical (unpaired) electrons. The van der Waals surface area contributed by atoms with Gasteiger partial charge in [0.15, 0.2) is 0 Å². The van der Waals surface area contributed by atoms with E-state index in [-0.39, 0.29) is 0 Å². The lowest BCUT2D eigenvalue weighted by Gasteiger charge is -2.21. The lowest BCUT2D eigenvalue weighted by molar-refractivity contribution is -0.141. The van der Waals surface area contributed by atoms with Crippen molar-refractivity contribution in [2.75, 3.05) is 13.1 Å². The molecule has 5 nitrogen and oxygen atoms in total. The summed E-state index contributed by atoms with van der Waals surface area (Å²) in [6.07, 6.45) is 5.69. The molecular weight excluding hydrogens is 254 g/mol. The summed E-state index contributed by atoms with van der Waals surface area (Å²) in [7, 11) is 0. The highest BCUT2D eigenvalue weighted by Gasteiger charge is 2.31. The molecule has 2 aliphatic rings. The minimum atomic E-state index is -0.731. The molecular formula is C15H23N3O2. The highest BCUT2D eigenvalue weighted by molar-refractivity contribution is 5.72. The standard InChI is InChI=1S/C15H23N3O2/c1-10(2)17-7-6-11(8-17)12-9-18-13(15(19)20)4-3-5-14(18)16-12/h9-11,13H,3-8H2,1-2H3,(H,19,20). The summed E-state index contributed by atoms with van der Waals surface area (Å²) >= 11 is 0. The van der Waals surface area contributed by atoms with Gasteiger partial charge in [-0.15, -0.1) is 0 Å². The highest BCUT2D eigenvalue weighted by Crippen LogP contribution is 2.31. The molecule has 1 saturated heterocycles. The number of rotatable bonds is 3. The summed E-state index contributed by atoms with van der Waals surface area (Å²) in [5, 5.41) is 9.32. The van der Waals surface area contributed by atoms with Gasteiger partial charge in [0.2, 0.25) is 0 Å². The molecule has 0 amide bonds. The molecule has 2 unspecified atom stereocenters. The van der Waals surface area contributed by atoms with Gasteiger partial charge in [0.25, 0.3) is 0 Å². The van der Waals surface area contributed by atoms with Gasteiger partial charge >= 0.3 is 5.97 Å². The average molecular weight is 277 g/mol. The van der Waals surface area contributed by atoms with Crippen molar-refractivity contribution < 1.29 is 9.90 Å². The predicted molar refractivity (Wildman–Crippen MR) is 75.9 cm³/mol. The summed E-state index contributed by atoms with van der Waals surface area (Å²) in [4.78, 5) is 18.5. The summed E-state index contributed by atoms with van der Waals surface area (Å²) in [5.74, 6) is 0.691. The van der Waals surface area contributed by atoms with Crippen LogP contribution in [0, 0.1) is 0 Å². The molecule has 0 aromatic carbocycles. The fourth-order valence-corrected chi connectivity index (χ4v) is 3.44. The fourth-order valence-electron chi connectivity index (χ4n) is 3.44. The molecule has 5 heteroatoms. The van der Waals surface area contributed by atoms with Crippen molar-refractivity contribution in [2.24, 2.45) is 0 Å². The zero-order valence-electron chi connectivity index (χ0n) is 12.2. The number of carboxylic acids is 1. The van der Waals surface area contributed by atoms with Crippen LogP contribution in [0.4, 0.5) is 0 Å². The second-order valence-electron chi connectivity index (χ2n) is 6.31. The Balaban J connectivity index is 1.81. The van der Waals surface area contributed by atoms with Crippen LogP contribution in [0.5, 0.6) is 0 Å². The molecule has 110 valence electrons. The van der Waals surface area contributed by atoms with Crippen LogP contribution in [-0.2, 0) is 11.2 Å². The van der Waals surface area contributed by atoms with E-state index in [0.29, 0.717) is 12.0 Å². The monoisotopic (exact) mass is 277 g/mol. The maximum atomic E-state index is 11.3. The van der Waals surface area contributed by atoms with E-state index >= 15 is 0 Å². The first-order valence-corrected chi connectivity index (χ1v) is 7.60. The number of aryl methyl sites for hydroxylation is 1. The van der Waals surface area contributed by atoms with Crippen molar-refractivity contribution in [3.8, 4) is 0 Å². The Kier molecular flexibility index (Phi) is 3.54. The van der Waals surface area contributed by atoms with Gasteiger partial charge in [-0.1, -0.05) is 0 Å². The van der Waals surface area contributed by atoms with Gasteiger partial charge in [0, 0.05) is 31.1 Å². The van der Waals surface area contributed by atoms with E-state index in [1.807, 2.05) is 10.8 Å². The molecule has 2 atom stereocenters. The Labute approximate surface area is 119 Å². The van der Waals surface area contributed by atoms with Gasteiger partial charge in [-0.05, 0) is 39.7 Å². The molecule has 3 heterocycles. The summed E-state index contributed by atoms with van der Waals surface area (Å²) in [5.41, 5.74) is 1.09. The molecule has 0 spiro atoms. The van der Waals surface area contributed by atoms with Crippen LogP contribution in [0.2, 0.25) is 0 Å². The van der Waals surface area contributed by atoms with E-state index in [2.05, 4.69) is 18.7 Å². The number of carbonyl (C=O) groups is 1. The van der Waals surface area contributed by atoms with Crippen LogP contribution in [0.3, 0.4) is 0 Å². The van der Waals surface area contributed by atoms with E-state index < -0.39 is 12.0 Å². The molecule has 0 saturated carbocycles. The Bertz CT molecular complexity index is 509. The van der Waals surface area contributed by atoms with E-state index in [0.717, 1.165) is 50.3 Å². The predicted octanol–water partition coefficient (Wildman–Crippen LogP) is 2.04. The third kappa shape index (κ3) is 2.35. The second-order valence-corrected chi connectivity index (χ2v) is 6.31. The minimum absolute atomic E-state index is 0.414. The van der Waals surface area contributed by atoms with Crippen molar-refractivity contribution in [3.05, 3.63) is 17.7 Å². The van der Waals surface area contributed by atoms with Gasteiger partial charge in [0.1, 0.15) is 11.9 Å². The normalized spacial score (nSPS) is 26.9. The molecule has 1 aromatic rings. The smallest absolute Gasteiger partial charge is 0.326 e. The van der Waals surface area contributed by atoms with E-state index in [1.54, 1.807) is 0 Å². The molecule has 1 aromatic heterocycles. The number of hydrogen-bond donors (Lipinski definition) is 1. The number of carboxylic acid groups (broad SMARTS) is 1. The Morgan fingerprint density at radius 1 is 1.45 bits per heavy atom. The maximum absolute atomic E-state index is 11.3. The minimum Gasteiger partial charge on any atom is -0.480 e. The van der Waals surface area contributed by atoms with Crippen LogP contribution >= 0.6 is 0 Å². The lowest BCUT2D eigenvalue weighted by atomic mass is 10.0. The number of aromatic nitrogens is 2. The number of imidazole rings is 1. The topological polar surface area (TPSA) is 58.4 Å². The Hall–Kier alpha value is -1.36.